The van der Waals surface area contributed by atoms with Gasteiger partial charge in [0.1, 0.15) is 0 Å². The lowest BCUT2D eigenvalue weighted by Gasteiger charge is -2.26. The lowest BCUT2D eigenvalue weighted by Crippen LogP contribution is -2.55. The van der Waals surface area contributed by atoms with Gasteiger partial charge in [0.05, 0.1) is 19.1 Å². The first kappa shape index (κ1) is 19.9. The number of amides is 2. The lowest BCUT2D eigenvalue weighted by atomic mass is 10.0. The van der Waals surface area contributed by atoms with E-state index in [9.17, 15) is 19.5 Å². The number of nitrogens with one attached hydrogen (secondary N) is 2. The number of benzene rings is 1. The van der Waals surface area contributed by atoms with Gasteiger partial charge in [0.25, 0.3) is 0 Å². The predicted octanol–water partition coefficient (Wildman–Crippen LogP) is 1.51. The van der Waals surface area contributed by atoms with Gasteiger partial charge in [-0.1, -0.05) is 23.7 Å². The predicted molar refractivity (Wildman–Crippen MR) is 88.7 cm³/mol. The van der Waals surface area contributed by atoms with Gasteiger partial charge in [-0.2, -0.15) is 0 Å². The smallest absolute Gasteiger partial charge is 0.331 e. The highest BCUT2D eigenvalue weighted by Crippen LogP contribution is 2.20. The number of hydrogen-bond donors (Lipinski definition) is 3. The maximum Gasteiger partial charge on any atom is 0.331 e. The van der Waals surface area contributed by atoms with E-state index < -0.39 is 23.5 Å². The van der Waals surface area contributed by atoms with Crippen LogP contribution in [0.2, 0.25) is 5.02 Å². The van der Waals surface area contributed by atoms with Crippen LogP contribution in [0.3, 0.4) is 0 Å². The monoisotopic (exact) mass is 356 g/mol. The molecule has 0 aromatic heterocycles. The molecule has 0 aliphatic carbocycles. The molecule has 3 N–H and O–H groups in total. The zero-order chi connectivity index (χ0) is 18.3. The number of carbonyl (C=O) groups is 3. The van der Waals surface area contributed by atoms with E-state index in [4.69, 9.17) is 16.3 Å². The molecular weight excluding hydrogens is 336 g/mol. The van der Waals surface area contributed by atoms with Gasteiger partial charge in [-0.3, -0.25) is 9.59 Å². The fraction of sp³-hybridized carbons (Fsp3) is 0.438. The van der Waals surface area contributed by atoms with Crippen LogP contribution in [0.5, 0.6) is 0 Å². The van der Waals surface area contributed by atoms with Crippen LogP contribution in [0.4, 0.5) is 0 Å². The SMILES string of the molecule is COCC(C)(NC(=O)CC(NC(C)=O)c1ccc(Cl)cc1)C(=O)O. The molecule has 7 nitrogen and oxygen atoms in total. The van der Waals surface area contributed by atoms with Crippen molar-refractivity contribution in [2.45, 2.75) is 31.8 Å². The Labute approximate surface area is 145 Å². The molecule has 132 valence electrons. The van der Waals surface area contributed by atoms with Crippen LogP contribution in [0.1, 0.15) is 31.9 Å². The van der Waals surface area contributed by atoms with Crippen LogP contribution in [-0.4, -0.2) is 42.1 Å². The van der Waals surface area contributed by atoms with Gasteiger partial charge < -0.3 is 20.5 Å². The summed E-state index contributed by atoms with van der Waals surface area (Å²) in [6.45, 7) is 2.51. The third kappa shape index (κ3) is 5.82. The molecule has 0 fully saturated rings. The molecule has 8 heteroatoms. The average Bonchev–Trinajstić information content (AvgIpc) is 2.46. The zero-order valence-corrected chi connectivity index (χ0v) is 14.5. The maximum absolute atomic E-state index is 12.3. The van der Waals surface area contributed by atoms with Crippen LogP contribution in [0.25, 0.3) is 0 Å². The van der Waals surface area contributed by atoms with Crippen molar-refractivity contribution >= 4 is 29.4 Å². The number of hydrogen-bond acceptors (Lipinski definition) is 4. The van der Waals surface area contributed by atoms with Crippen molar-refractivity contribution in [1.82, 2.24) is 10.6 Å². The van der Waals surface area contributed by atoms with Gasteiger partial charge in [0.15, 0.2) is 5.54 Å². The van der Waals surface area contributed by atoms with Gasteiger partial charge in [0, 0.05) is 19.1 Å². The van der Waals surface area contributed by atoms with Crippen molar-refractivity contribution in [2.24, 2.45) is 0 Å². The summed E-state index contributed by atoms with van der Waals surface area (Å²) < 4.78 is 4.86. The lowest BCUT2D eigenvalue weighted by molar-refractivity contribution is -0.149. The van der Waals surface area contributed by atoms with E-state index in [0.717, 1.165) is 0 Å². The standard InChI is InChI=1S/C16H21ClN2O5/c1-10(20)18-13(11-4-6-12(17)7-5-11)8-14(21)19-16(2,9-24-3)15(22)23/h4-7,13H,8-9H2,1-3H3,(H,18,20)(H,19,21)(H,22,23). The largest absolute Gasteiger partial charge is 0.479 e. The number of rotatable bonds is 8. The Bertz CT molecular complexity index is 605. The van der Waals surface area contributed by atoms with E-state index in [-0.39, 0.29) is 18.9 Å². The van der Waals surface area contributed by atoms with Crippen molar-refractivity contribution < 1.29 is 24.2 Å². The maximum atomic E-state index is 12.3. The Kier molecular flexibility index (Phi) is 7.18. The van der Waals surface area contributed by atoms with Crippen LogP contribution in [0, 0.1) is 0 Å². The van der Waals surface area contributed by atoms with E-state index in [0.29, 0.717) is 10.6 Å². The normalized spacial score (nSPS) is 14.3. The molecule has 1 aromatic rings. The molecule has 2 amide bonds. The number of halogens is 1. The molecule has 0 aliphatic rings. The van der Waals surface area contributed by atoms with E-state index >= 15 is 0 Å². The minimum atomic E-state index is -1.55. The molecule has 0 spiro atoms. The molecule has 0 radical (unpaired) electrons. The minimum absolute atomic E-state index is 0.117. The summed E-state index contributed by atoms with van der Waals surface area (Å²) in [6, 6.07) is 6.09. The van der Waals surface area contributed by atoms with Crippen LogP contribution < -0.4 is 10.6 Å². The summed E-state index contributed by atoms with van der Waals surface area (Å²) in [6.07, 6.45) is -0.117. The summed E-state index contributed by atoms with van der Waals surface area (Å²) in [4.78, 5) is 35.0. The Morgan fingerprint density at radius 3 is 2.33 bits per heavy atom. The molecule has 0 bridgehead atoms. The van der Waals surface area contributed by atoms with Crippen molar-refractivity contribution in [3.05, 3.63) is 34.9 Å². The summed E-state index contributed by atoms with van der Waals surface area (Å²) in [7, 11) is 1.35. The molecule has 0 heterocycles. The molecule has 0 aliphatic heterocycles. The fourth-order valence-electron chi connectivity index (χ4n) is 2.18. The van der Waals surface area contributed by atoms with Crippen LogP contribution in [0.15, 0.2) is 24.3 Å². The summed E-state index contributed by atoms with van der Waals surface area (Å²) in [5, 5.41) is 14.9. The van der Waals surface area contributed by atoms with E-state index in [1.165, 1.54) is 21.0 Å². The van der Waals surface area contributed by atoms with Crippen molar-refractivity contribution in [3.8, 4) is 0 Å². The summed E-state index contributed by atoms with van der Waals surface area (Å²) >= 11 is 5.84. The summed E-state index contributed by atoms with van der Waals surface area (Å²) in [5.41, 5.74) is -0.861. The third-order valence-corrected chi connectivity index (χ3v) is 3.61. The van der Waals surface area contributed by atoms with E-state index in [2.05, 4.69) is 10.6 Å². The highest BCUT2D eigenvalue weighted by atomic mass is 35.5. The van der Waals surface area contributed by atoms with Crippen LogP contribution >= 0.6 is 11.6 Å². The Morgan fingerprint density at radius 2 is 1.88 bits per heavy atom. The molecular formula is C16H21ClN2O5. The molecule has 1 aromatic carbocycles. The van der Waals surface area contributed by atoms with E-state index in [1.807, 2.05) is 0 Å². The first-order valence-electron chi connectivity index (χ1n) is 7.24. The second kappa shape index (κ2) is 8.65. The Balaban J connectivity index is 2.89. The van der Waals surface area contributed by atoms with Gasteiger partial charge >= 0.3 is 5.97 Å². The second-order valence-corrected chi connectivity index (χ2v) is 6.06. The molecule has 0 saturated carbocycles. The first-order chi connectivity index (χ1) is 11.2. The highest BCUT2D eigenvalue weighted by molar-refractivity contribution is 6.30. The number of carboxylic acid groups (broad SMARTS) is 1. The zero-order valence-electron chi connectivity index (χ0n) is 13.8. The first-order valence-corrected chi connectivity index (χ1v) is 7.61. The van der Waals surface area contributed by atoms with Crippen molar-refractivity contribution in [1.29, 1.82) is 0 Å². The molecule has 1 rings (SSSR count). The molecule has 0 saturated heterocycles. The molecule has 2 unspecified atom stereocenters. The summed E-state index contributed by atoms with van der Waals surface area (Å²) in [5.74, 6) is -2.04. The number of carbonyl (C=O) groups excluding carboxylic acids is 2. The third-order valence-electron chi connectivity index (χ3n) is 3.36. The van der Waals surface area contributed by atoms with Crippen LogP contribution in [-0.2, 0) is 19.1 Å². The number of methoxy groups -OCH3 is 1. The van der Waals surface area contributed by atoms with Crippen molar-refractivity contribution in [3.63, 3.8) is 0 Å². The fourth-order valence-corrected chi connectivity index (χ4v) is 2.30. The highest BCUT2D eigenvalue weighted by Gasteiger charge is 2.35. The molecule has 2 atom stereocenters. The number of aliphatic carboxylic acids is 1. The second-order valence-electron chi connectivity index (χ2n) is 5.63. The number of ether oxygens (including phenoxy) is 1. The van der Waals surface area contributed by atoms with Gasteiger partial charge in [-0.15, -0.1) is 0 Å². The van der Waals surface area contributed by atoms with E-state index in [1.54, 1.807) is 24.3 Å². The van der Waals surface area contributed by atoms with Gasteiger partial charge in [0.2, 0.25) is 11.8 Å². The van der Waals surface area contributed by atoms with Gasteiger partial charge in [-0.05, 0) is 24.6 Å². The average molecular weight is 357 g/mol. The Morgan fingerprint density at radius 1 is 1.29 bits per heavy atom. The van der Waals surface area contributed by atoms with Gasteiger partial charge in [-0.25, -0.2) is 4.79 Å². The minimum Gasteiger partial charge on any atom is -0.479 e. The van der Waals surface area contributed by atoms with Crippen molar-refractivity contribution in [2.75, 3.05) is 13.7 Å². The molecule has 24 heavy (non-hydrogen) atoms. The Hall–Kier alpha value is -2.12. The quantitative estimate of drug-likeness (QED) is 0.655. The number of carboxylic acids is 1. The topological polar surface area (TPSA) is 105 Å².